The average Bonchev–Trinajstić information content (AvgIpc) is 3.19. The molecule has 7 nitrogen and oxygen atoms in total. The zero-order chi connectivity index (χ0) is 25.4. The number of aryl methyl sites for hydroxylation is 1. The summed E-state index contributed by atoms with van der Waals surface area (Å²) < 4.78 is 27.1. The van der Waals surface area contributed by atoms with Gasteiger partial charge in [0.25, 0.3) is 0 Å². The number of hydrogen-bond acceptors (Lipinski definition) is 6. The number of halogens is 1. The average molecular weight is 516 g/mol. The first-order valence-electron chi connectivity index (χ1n) is 12.2. The smallest absolute Gasteiger partial charge is 0.410 e. The van der Waals surface area contributed by atoms with Crippen LogP contribution in [0.2, 0.25) is 5.15 Å². The molecule has 34 heavy (non-hydrogen) atoms. The Labute approximate surface area is 213 Å². The van der Waals surface area contributed by atoms with Crippen molar-refractivity contribution in [3.8, 4) is 0 Å². The summed E-state index contributed by atoms with van der Waals surface area (Å²) in [6, 6.07) is 4.00. The van der Waals surface area contributed by atoms with Crippen molar-refractivity contribution in [1.82, 2.24) is 14.6 Å². The monoisotopic (exact) mass is 515 g/mol. The van der Waals surface area contributed by atoms with Gasteiger partial charge >= 0.3 is 6.09 Å². The van der Waals surface area contributed by atoms with E-state index in [-0.39, 0.29) is 23.0 Å². The lowest BCUT2D eigenvalue weighted by atomic mass is 10.0. The number of nitrogens with zero attached hydrogens (tertiary/aromatic N) is 2. The van der Waals surface area contributed by atoms with Gasteiger partial charge in [0.05, 0.1) is 18.7 Å². The number of hydrogen-bond donors (Lipinski definition) is 1. The number of carbonyl (C=O) groups is 1. The minimum absolute atomic E-state index is 0.0579. The fourth-order valence-corrected chi connectivity index (χ4v) is 4.73. The first kappa shape index (κ1) is 29.2. The molecule has 0 unspecified atom stereocenters. The van der Waals surface area contributed by atoms with Gasteiger partial charge in [0.2, 0.25) is 0 Å². The van der Waals surface area contributed by atoms with Crippen LogP contribution in [0, 0.1) is 0 Å². The highest BCUT2D eigenvalue weighted by molar-refractivity contribution is 7.90. The van der Waals surface area contributed by atoms with Crippen molar-refractivity contribution < 1.29 is 18.8 Å². The van der Waals surface area contributed by atoms with Crippen LogP contribution in [0.3, 0.4) is 0 Å². The van der Waals surface area contributed by atoms with Crippen LogP contribution in [0.25, 0.3) is 0 Å². The molecular formula is C25H42ClN3O4S. The third kappa shape index (κ3) is 10.7. The molecule has 1 amide bonds. The molecule has 0 bridgehead atoms. The summed E-state index contributed by atoms with van der Waals surface area (Å²) in [5, 5.41) is 0.531. The van der Waals surface area contributed by atoms with Gasteiger partial charge in [0.1, 0.15) is 15.5 Å². The predicted molar refractivity (Wildman–Crippen MR) is 138 cm³/mol. The molecule has 2 rings (SSSR count). The van der Waals surface area contributed by atoms with Crippen LogP contribution in [0.5, 0.6) is 0 Å². The Morgan fingerprint density at radius 1 is 1.29 bits per heavy atom. The molecule has 1 aliphatic heterocycles. The van der Waals surface area contributed by atoms with E-state index in [0.717, 1.165) is 44.1 Å². The second kappa shape index (κ2) is 13.3. The number of likely N-dealkylation sites (tertiary alicyclic amines) is 1. The number of ether oxygens (including phenoxy) is 2. The maximum atomic E-state index is 12.7. The van der Waals surface area contributed by atoms with E-state index in [1.165, 1.54) is 0 Å². The predicted octanol–water partition coefficient (Wildman–Crippen LogP) is 5.28. The number of rotatable bonds is 11. The van der Waals surface area contributed by atoms with E-state index in [4.69, 9.17) is 21.1 Å². The largest absolute Gasteiger partial charge is 0.598 e. The summed E-state index contributed by atoms with van der Waals surface area (Å²) >= 11 is 5.08. The van der Waals surface area contributed by atoms with Crippen LogP contribution in [-0.2, 0) is 27.3 Å². The molecule has 1 aromatic rings. The van der Waals surface area contributed by atoms with Crippen LogP contribution in [-0.4, -0.2) is 62.7 Å². The van der Waals surface area contributed by atoms with Gasteiger partial charge in [-0.2, -0.15) is 0 Å². The Morgan fingerprint density at radius 2 is 2.03 bits per heavy atom. The van der Waals surface area contributed by atoms with E-state index < -0.39 is 17.0 Å². The maximum Gasteiger partial charge on any atom is 0.410 e. The Bertz CT molecular complexity index is 769. The van der Waals surface area contributed by atoms with Crippen molar-refractivity contribution >= 4 is 29.1 Å². The molecule has 9 heteroatoms. The number of pyridine rings is 1. The molecule has 0 aliphatic carbocycles. The van der Waals surface area contributed by atoms with E-state index in [1.807, 2.05) is 53.7 Å². The highest BCUT2D eigenvalue weighted by Gasteiger charge is 2.31. The van der Waals surface area contributed by atoms with Gasteiger partial charge in [-0.15, -0.1) is 4.72 Å². The molecule has 2 heterocycles. The van der Waals surface area contributed by atoms with Crippen LogP contribution < -0.4 is 4.72 Å². The molecular weight excluding hydrogens is 474 g/mol. The molecule has 0 saturated carbocycles. The Balaban J connectivity index is 1.74. The lowest BCUT2D eigenvalue weighted by Gasteiger charge is -2.28. The number of carbonyl (C=O) groups excluding carboxylic acids is 1. The summed E-state index contributed by atoms with van der Waals surface area (Å²) in [6.07, 6.45) is 6.70. The van der Waals surface area contributed by atoms with Crippen LogP contribution in [0.1, 0.15) is 79.2 Å². The van der Waals surface area contributed by atoms with E-state index in [2.05, 4.69) is 9.71 Å². The van der Waals surface area contributed by atoms with Gasteiger partial charge in [0, 0.05) is 30.7 Å². The van der Waals surface area contributed by atoms with Gasteiger partial charge in [-0.3, -0.25) is 0 Å². The van der Waals surface area contributed by atoms with Gasteiger partial charge in [-0.05, 0) is 91.7 Å². The standard InChI is InChI=1S/C25H42ClN3O4S/c1-24(2,3)33-23(30)29-16-14-21(18-29)32-17-8-7-11-20(28-34(31)25(4,5)6)13-12-19-10-9-15-27-22(19)26/h9-10,15,20-21,28H,7-8,11-14,16-18H2,1-6H3/t20-,21-,34-/m1/s1. The first-order chi connectivity index (χ1) is 15.8. The van der Waals surface area contributed by atoms with Gasteiger partial charge < -0.3 is 18.9 Å². The molecule has 3 atom stereocenters. The fraction of sp³-hybridized carbons (Fsp3) is 0.760. The van der Waals surface area contributed by atoms with Crippen LogP contribution in [0.4, 0.5) is 4.79 Å². The third-order valence-electron chi connectivity index (χ3n) is 5.53. The molecule has 1 saturated heterocycles. The number of unbranched alkanes of at least 4 members (excludes halogenated alkanes) is 1. The van der Waals surface area contributed by atoms with Gasteiger partial charge in [0.15, 0.2) is 0 Å². The van der Waals surface area contributed by atoms with E-state index >= 15 is 0 Å². The van der Waals surface area contributed by atoms with Crippen molar-refractivity contribution in [2.75, 3.05) is 19.7 Å². The zero-order valence-corrected chi connectivity index (χ0v) is 23.1. The highest BCUT2D eigenvalue weighted by atomic mass is 35.5. The molecule has 194 valence electrons. The van der Waals surface area contributed by atoms with Crippen LogP contribution >= 0.6 is 11.6 Å². The van der Waals surface area contributed by atoms with Crippen LogP contribution in [0.15, 0.2) is 18.3 Å². The van der Waals surface area contributed by atoms with Crippen molar-refractivity contribution in [3.63, 3.8) is 0 Å². The number of amides is 1. The summed E-state index contributed by atoms with van der Waals surface area (Å²) in [5.74, 6) is 0. The SMILES string of the molecule is CC(C)(C)OC(=O)N1CC[C@@H](OCCCC[C@H](CCc2cccnc2Cl)N[S@+]([O-])C(C)(C)C)C1. The van der Waals surface area contributed by atoms with E-state index in [0.29, 0.717) is 24.8 Å². The summed E-state index contributed by atoms with van der Waals surface area (Å²) in [6.45, 7) is 13.4. The van der Waals surface area contributed by atoms with Crippen molar-refractivity contribution in [2.45, 2.75) is 103 Å². The molecule has 1 fully saturated rings. The molecule has 1 aromatic heterocycles. The summed E-state index contributed by atoms with van der Waals surface area (Å²) in [5.41, 5.74) is 0.524. The van der Waals surface area contributed by atoms with Crippen molar-refractivity contribution in [3.05, 3.63) is 29.0 Å². The fourth-order valence-electron chi connectivity index (χ4n) is 3.63. The maximum absolute atomic E-state index is 12.7. The molecule has 0 aromatic carbocycles. The first-order valence-corrected chi connectivity index (χ1v) is 13.7. The lowest BCUT2D eigenvalue weighted by molar-refractivity contribution is 0.0206. The number of aromatic nitrogens is 1. The van der Waals surface area contributed by atoms with Crippen molar-refractivity contribution in [2.24, 2.45) is 0 Å². The minimum Gasteiger partial charge on any atom is -0.598 e. The second-order valence-corrected chi connectivity index (χ2v) is 13.2. The second-order valence-electron chi connectivity index (χ2n) is 10.9. The highest BCUT2D eigenvalue weighted by Crippen LogP contribution is 2.21. The van der Waals surface area contributed by atoms with E-state index in [9.17, 15) is 9.35 Å². The Morgan fingerprint density at radius 3 is 2.68 bits per heavy atom. The van der Waals surface area contributed by atoms with Gasteiger partial charge in [-0.25, -0.2) is 9.78 Å². The van der Waals surface area contributed by atoms with E-state index in [1.54, 1.807) is 11.1 Å². The Kier molecular flexibility index (Phi) is 11.4. The molecule has 1 N–H and O–H groups in total. The summed E-state index contributed by atoms with van der Waals surface area (Å²) in [4.78, 5) is 18.1. The molecule has 1 aliphatic rings. The molecule has 0 spiro atoms. The normalized spacial score (nSPS) is 18.7. The zero-order valence-electron chi connectivity index (χ0n) is 21.6. The topological polar surface area (TPSA) is 86.8 Å². The summed E-state index contributed by atoms with van der Waals surface area (Å²) in [7, 11) is 0. The minimum atomic E-state index is -1.14. The molecule has 0 radical (unpaired) electrons. The quantitative estimate of drug-likeness (QED) is 0.245. The van der Waals surface area contributed by atoms with Gasteiger partial charge in [-0.1, -0.05) is 17.7 Å². The van der Waals surface area contributed by atoms with Crippen molar-refractivity contribution in [1.29, 1.82) is 0 Å². The number of nitrogens with one attached hydrogen (secondary N) is 1. The lowest BCUT2D eigenvalue weighted by Crippen LogP contribution is -2.44. The third-order valence-corrected chi connectivity index (χ3v) is 7.53. The Hall–Kier alpha value is -1.06.